The molecule has 2 aromatic carbocycles. The Balaban J connectivity index is 1.95. The molecule has 0 aliphatic carbocycles. The Kier molecular flexibility index (Phi) is 5.27. The van der Waals surface area contributed by atoms with E-state index in [-0.39, 0.29) is 0 Å². The number of halogens is 1. The summed E-state index contributed by atoms with van der Waals surface area (Å²) in [5.41, 5.74) is 3.22. The van der Waals surface area contributed by atoms with Crippen molar-refractivity contribution in [3.05, 3.63) is 82.9 Å². The molecule has 0 aliphatic heterocycles. The summed E-state index contributed by atoms with van der Waals surface area (Å²) in [5.74, 6) is 0. The van der Waals surface area contributed by atoms with Gasteiger partial charge in [0.1, 0.15) is 0 Å². The predicted octanol–water partition coefficient (Wildman–Crippen LogP) is 4.52. The summed E-state index contributed by atoms with van der Waals surface area (Å²) >= 11 is 5.81. The van der Waals surface area contributed by atoms with Crippen LogP contribution in [-0.4, -0.2) is 12.4 Å². The summed E-state index contributed by atoms with van der Waals surface area (Å²) in [6, 6.07) is 15.6. The molecule has 0 fully saturated rings. The van der Waals surface area contributed by atoms with E-state index >= 15 is 0 Å². The van der Waals surface area contributed by atoms with E-state index in [1.54, 1.807) is 12.4 Å². The Morgan fingerprint density at radius 1 is 0.850 bits per heavy atom. The molecule has 3 heteroatoms. The van der Waals surface area contributed by atoms with Crippen molar-refractivity contribution in [3.63, 3.8) is 0 Å². The molecule has 0 spiro atoms. The first-order valence-corrected chi connectivity index (χ1v) is 6.67. The summed E-state index contributed by atoms with van der Waals surface area (Å²) in [6.45, 7) is 3.72. The van der Waals surface area contributed by atoms with Crippen LogP contribution in [0.3, 0.4) is 0 Å². The molecule has 0 aliphatic rings. The van der Waals surface area contributed by atoms with Gasteiger partial charge in [0.15, 0.2) is 0 Å². The van der Waals surface area contributed by atoms with E-state index in [0.717, 1.165) is 17.5 Å². The molecule has 0 atom stereocenters. The van der Waals surface area contributed by atoms with Crippen molar-refractivity contribution in [1.82, 2.24) is 0 Å². The van der Waals surface area contributed by atoms with Crippen LogP contribution in [0.5, 0.6) is 0 Å². The van der Waals surface area contributed by atoms with E-state index in [9.17, 15) is 0 Å². The van der Waals surface area contributed by atoms with E-state index < -0.39 is 0 Å². The van der Waals surface area contributed by atoms with Gasteiger partial charge in [-0.15, -0.1) is 6.58 Å². The standard InChI is InChI=1S/C17H15ClN2/c1-2-3-14-4-6-15(7-5-14)12-19-20-13-16-8-10-17(18)11-9-16/h2,4-13H,1,3H2/b19-12+,20-13+. The minimum atomic E-state index is 0.713. The van der Waals surface area contributed by atoms with E-state index in [4.69, 9.17) is 11.6 Å². The topological polar surface area (TPSA) is 24.7 Å². The number of allylic oxidation sites excluding steroid dienone is 1. The Labute approximate surface area is 124 Å². The van der Waals surface area contributed by atoms with Gasteiger partial charge in [-0.25, -0.2) is 0 Å². The van der Waals surface area contributed by atoms with E-state index in [1.807, 2.05) is 42.5 Å². The molecular formula is C17H15ClN2. The van der Waals surface area contributed by atoms with E-state index in [0.29, 0.717) is 5.02 Å². The van der Waals surface area contributed by atoms with Crippen molar-refractivity contribution in [1.29, 1.82) is 0 Å². The van der Waals surface area contributed by atoms with Crippen LogP contribution in [0.25, 0.3) is 0 Å². The summed E-state index contributed by atoms with van der Waals surface area (Å²) in [5, 5.41) is 8.75. The fourth-order valence-electron chi connectivity index (χ4n) is 1.66. The average molecular weight is 283 g/mol. The molecule has 2 aromatic rings. The van der Waals surface area contributed by atoms with Crippen molar-refractivity contribution < 1.29 is 0 Å². The summed E-state index contributed by atoms with van der Waals surface area (Å²) < 4.78 is 0. The van der Waals surface area contributed by atoms with Gasteiger partial charge in [0.25, 0.3) is 0 Å². The minimum Gasteiger partial charge on any atom is -0.159 e. The molecule has 20 heavy (non-hydrogen) atoms. The molecule has 0 aromatic heterocycles. The van der Waals surface area contributed by atoms with Crippen molar-refractivity contribution in [2.45, 2.75) is 6.42 Å². The Hall–Kier alpha value is -2.19. The average Bonchev–Trinajstić information content (AvgIpc) is 2.47. The maximum absolute atomic E-state index is 5.81. The fourth-order valence-corrected chi connectivity index (χ4v) is 1.78. The van der Waals surface area contributed by atoms with Crippen LogP contribution in [-0.2, 0) is 6.42 Å². The molecule has 100 valence electrons. The van der Waals surface area contributed by atoms with Crippen LogP contribution in [0.1, 0.15) is 16.7 Å². The molecule has 0 heterocycles. The maximum atomic E-state index is 5.81. The monoisotopic (exact) mass is 282 g/mol. The van der Waals surface area contributed by atoms with Gasteiger partial charge in [-0.3, -0.25) is 0 Å². The van der Waals surface area contributed by atoms with E-state index in [1.165, 1.54) is 5.56 Å². The first kappa shape index (κ1) is 14.2. The van der Waals surface area contributed by atoms with Crippen molar-refractivity contribution in [3.8, 4) is 0 Å². The van der Waals surface area contributed by atoms with Gasteiger partial charge in [0.05, 0.1) is 12.4 Å². The lowest BCUT2D eigenvalue weighted by Crippen LogP contribution is -1.84. The first-order chi connectivity index (χ1) is 9.78. The third kappa shape index (κ3) is 4.48. The third-order valence-corrected chi connectivity index (χ3v) is 2.96. The first-order valence-electron chi connectivity index (χ1n) is 6.30. The molecule has 0 radical (unpaired) electrons. The molecule has 0 unspecified atom stereocenters. The Morgan fingerprint density at radius 2 is 1.35 bits per heavy atom. The Bertz CT molecular complexity index is 610. The summed E-state index contributed by atoms with van der Waals surface area (Å²) in [6.07, 6.45) is 6.19. The minimum absolute atomic E-state index is 0.713. The zero-order valence-electron chi connectivity index (χ0n) is 11.0. The SMILES string of the molecule is C=CCc1ccc(/C=N/N=C/c2ccc(Cl)cc2)cc1. The Morgan fingerprint density at radius 3 is 1.85 bits per heavy atom. The van der Waals surface area contributed by atoms with E-state index in [2.05, 4.69) is 28.9 Å². The van der Waals surface area contributed by atoms with Gasteiger partial charge in [-0.05, 0) is 35.2 Å². The fraction of sp³-hybridized carbons (Fsp3) is 0.0588. The molecule has 0 N–H and O–H groups in total. The highest BCUT2D eigenvalue weighted by atomic mass is 35.5. The lowest BCUT2D eigenvalue weighted by atomic mass is 10.1. The van der Waals surface area contributed by atoms with Crippen molar-refractivity contribution >= 4 is 24.0 Å². The smallest absolute Gasteiger partial charge is 0.0568 e. The normalized spacial score (nSPS) is 11.2. The van der Waals surface area contributed by atoms with Gasteiger partial charge >= 0.3 is 0 Å². The summed E-state index contributed by atoms with van der Waals surface area (Å²) in [4.78, 5) is 0. The highest BCUT2D eigenvalue weighted by Crippen LogP contribution is 2.08. The molecule has 0 saturated carbocycles. The number of hydrogen-bond acceptors (Lipinski definition) is 2. The second-order valence-corrected chi connectivity index (χ2v) is 4.71. The van der Waals surface area contributed by atoms with Gasteiger partial charge in [-0.2, -0.15) is 10.2 Å². The predicted molar refractivity (Wildman–Crippen MR) is 87.0 cm³/mol. The number of benzene rings is 2. The second kappa shape index (κ2) is 7.41. The highest BCUT2D eigenvalue weighted by molar-refractivity contribution is 6.30. The molecule has 0 bridgehead atoms. The summed E-state index contributed by atoms with van der Waals surface area (Å²) in [7, 11) is 0. The number of hydrogen-bond donors (Lipinski definition) is 0. The van der Waals surface area contributed by atoms with Gasteiger partial charge in [0.2, 0.25) is 0 Å². The quantitative estimate of drug-likeness (QED) is 0.437. The lowest BCUT2D eigenvalue weighted by molar-refractivity contribution is 1.25. The highest BCUT2D eigenvalue weighted by Gasteiger charge is 1.90. The van der Waals surface area contributed by atoms with Crippen LogP contribution >= 0.6 is 11.6 Å². The molecular weight excluding hydrogens is 268 g/mol. The third-order valence-electron chi connectivity index (χ3n) is 2.71. The van der Waals surface area contributed by atoms with Crippen molar-refractivity contribution in [2.24, 2.45) is 10.2 Å². The van der Waals surface area contributed by atoms with Gasteiger partial charge in [-0.1, -0.05) is 54.1 Å². The molecule has 2 nitrogen and oxygen atoms in total. The lowest BCUT2D eigenvalue weighted by Gasteiger charge is -1.96. The molecule has 2 rings (SSSR count). The van der Waals surface area contributed by atoms with Crippen LogP contribution in [0.4, 0.5) is 0 Å². The molecule has 0 amide bonds. The largest absolute Gasteiger partial charge is 0.159 e. The number of rotatable bonds is 5. The van der Waals surface area contributed by atoms with Crippen LogP contribution in [0.15, 0.2) is 71.4 Å². The zero-order valence-corrected chi connectivity index (χ0v) is 11.8. The zero-order chi connectivity index (χ0) is 14.2. The maximum Gasteiger partial charge on any atom is 0.0568 e. The van der Waals surface area contributed by atoms with Crippen LogP contribution in [0, 0.1) is 0 Å². The number of nitrogens with zero attached hydrogens (tertiary/aromatic N) is 2. The van der Waals surface area contributed by atoms with Gasteiger partial charge < -0.3 is 0 Å². The molecule has 0 saturated heterocycles. The van der Waals surface area contributed by atoms with Crippen LogP contribution in [0.2, 0.25) is 5.02 Å². The van der Waals surface area contributed by atoms with Crippen LogP contribution < -0.4 is 0 Å². The van der Waals surface area contributed by atoms with Gasteiger partial charge in [0, 0.05) is 5.02 Å². The van der Waals surface area contributed by atoms with Crippen molar-refractivity contribution in [2.75, 3.05) is 0 Å². The second-order valence-electron chi connectivity index (χ2n) is 4.28.